The lowest BCUT2D eigenvalue weighted by Gasteiger charge is -2.21. The molecule has 3 atom stereocenters. The average Bonchev–Trinajstić information content (AvgIpc) is 2.72. The van der Waals surface area contributed by atoms with E-state index in [0.29, 0.717) is 6.29 Å². The maximum absolute atomic E-state index is 11.7. The van der Waals surface area contributed by atoms with Gasteiger partial charge in [0.1, 0.15) is 6.10 Å². The second-order valence-electron chi connectivity index (χ2n) is 4.60. The van der Waals surface area contributed by atoms with Crippen LogP contribution in [0.5, 0.6) is 0 Å². The van der Waals surface area contributed by atoms with Crippen LogP contribution in [0.3, 0.4) is 0 Å². The Morgan fingerprint density at radius 2 is 2.32 bits per heavy atom. The molecule has 2 rings (SSSR count). The van der Waals surface area contributed by atoms with Gasteiger partial charge in [0.25, 0.3) is 5.56 Å². The number of hydrogen-bond acceptors (Lipinski definition) is 6. The molecule has 1 aromatic heterocycles. The van der Waals surface area contributed by atoms with E-state index in [1.54, 1.807) is 0 Å². The molecule has 0 unspecified atom stereocenters. The number of hydrogen-bond donors (Lipinski definition) is 3. The highest BCUT2D eigenvalue weighted by Gasteiger charge is 2.47. The molecule has 0 amide bonds. The monoisotopic (exact) mass is 270 g/mol. The highest BCUT2D eigenvalue weighted by Crippen LogP contribution is 2.34. The molecule has 1 aliphatic heterocycles. The number of nitrogens with zero attached hydrogens (tertiary/aromatic N) is 1. The Morgan fingerprint density at radius 3 is 2.84 bits per heavy atom. The van der Waals surface area contributed by atoms with Gasteiger partial charge in [-0.1, -0.05) is 0 Å². The summed E-state index contributed by atoms with van der Waals surface area (Å²) in [6, 6.07) is 0. The van der Waals surface area contributed by atoms with E-state index in [-0.39, 0.29) is 12.0 Å². The zero-order valence-electron chi connectivity index (χ0n) is 10.2. The Morgan fingerprint density at radius 1 is 1.63 bits per heavy atom. The van der Waals surface area contributed by atoms with E-state index >= 15 is 0 Å². The van der Waals surface area contributed by atoms with Gasteiger partial charge in [0, 0.05) is 18.2 Å². The quantitative estimate of drug-likeness (QED) is 0.549. The number of carbonyl (C=O) groups excluding carboxylic acids is 1. The molecular weight excluding hydrogens is 256 g/mol. The first-order valence-electron chi connectivity index (χ1n) is 5.67. The van der Waals surface area contributed by atoms with E-state index in [1.165, 1.54) is 13.1 Å². The number of nitrogens with one attached hydrogen (secondary N) is 1. The van der Waals surface area contributed by atoms with E-state index in [9.17, 15) is 19.5 Å². The van der Waals surface area contributed by atoms with E-state index < -0.39 is 35.8 Å². The first kappa shape index (κ1) is 13.7. The van der Waals surface area contributed by atoms with Crippen molar-refractivity contribution in [1.82, 2.24) is 9.55 Å². The molecule has 3 N–H and O–H groups in total. The molecular formula is C11H14N2O6. The summed E-state index contributed by atoms with van der Waals surface area (Å²) in [5.74, 6) is 0. The van der Waals surface area contributed by atoms with Gasteiger partial charge in [0.05, 0.1) is 6.61 Å². The number of aromatic nitrogens is 2. The van der Waals surface area contributed by atoms with Crippen LogP contribution in [0.15, 0.2) is 15.8 Å². The van der Waals surface area contributed by atoms with E-state index in [4.69, 9.17) is 9.84 Å². The minimum Gasteiger partial charge on any atom is -0.393 e. The number of carbonyl (C=O) groups is 1. The molecule has 0 saturated carbocycles. The SMILES string of the molecule is Cc1cn([C@@H]2O[C@](C=O)(CO)C[C@H]2O)c(=O)[nH]c1=O. The molecule has 8 nitrogen and oxygen atoms in total. The zero-order valence-corrected chi connectivity index (χ0v) is 10.2. The maximum atomic E-state index is 11.7. The van der Waals surface area contributed by atoms with Crippen LogP contribution in [0.1, 0.15) is 18.2 Å². The molecule has 0 spiro atoms. The molecule has 19 heavy (non-hydrogen) atoms. The van der Waals surface area contributed by atoms with E-state index in [1.807, 2.05) is 0 Å². The Hall–Kier alpha value is -1.77. The summed E-state index contributed by atoms with van der Waals surface area (Å²) >= 11 is 0. The van der Waals surface area contributed by atoms with Gasteiger partial charge in [0.2, 0.25) is 0 Å². The second-order valence-corrected chi connectivity index (χ2v) is 4.60. The minimum atomic E-state index is -1.52. The molecule has 0 aromatic carbocycles. The number of aldehydes is 1. The molecule has 2 heterocycles. The number of ether oxygens (including phenoxy) is 1. The van der Waals surface area contributed by atoms with Crippen LogP contribution in [0.25, 0.3) is 0 Å². The molecule has 1 aromatic rings. The predicted octanol–water partition coefficient (Wildman–Crippen LogP) is -1.95. The Balaban J connectivity index is 2.44. The third-order valence-electron chi connectivity index (χ3n) is 3.14. The molecule has 0 bridgehead atoms. The van der Waals surface area contributed by atoms with Gasteiger partial charge >= 0.3 is 5.69 Å². The lowest BCUT2D eigenvalue weighted by atomic mass is 10.0. The van der Waals surface area contributed by atoms with Crippen molar-refractivity contribution < 1.29 is 19.7 Å². The zero-order chi connectivity index (χ0) is 14.2. The number of rotatable bonds is 3. The van der Waals surface area contributed by atoms with Crippen LogP contribution < -0.4 is 11.2 Å². The molecule has 8 heteroatoms. The average molecular weight is 270 g/mol. The Labute approximate surface area is 107 Å². The fourth-order valence-corrected chi connectivity index (χ4v) is 2.05. The van der Waals surface area contributed by atoms with Crippen molar-refractivity contribution in [2.45, 2.75) is 31.3 Å². The van der Waals surface area contributed by atoms with Crippen LogP contribution in [0.4, 0.5) is 0 Å². The van der Waals surface area contributed by atoms with Crippen molar-refractivity contribution in [2.24, 2.45) is 0 Å². The molecule has 104 valence electrons. The summed E-state index contributed by atoms with van der Waals surface area (Å²) in [7, 11) is 0. The van der Waals surface area contributed by atoms with E-state index in [2.05, 4.69) is 4.98 Å². The summed E-state index contributed by atoms with van der Waals surface area (Å²) < 4.78 is 6.30. The molecule has 1 saturated heterocycles. The Kier molecular flexibility index (Phi) is 3.40. The number of aliphatic hydroxyl groups excluding tert-OH is 2. The number of aryl methyl sites for hydroxylation is 1. The van der Waals surface area contributed by atoms with Gasteiger partial charge in [-0.3, -0.25) is 14.3 Å². The molecule has 1 aliphatic rings. The first-order chi connectivity index (χ1) is 8.92. The fourth-order valence-electron chi connectivity index (χ4n) is 2.05. The van der Waals surface area contributed by atoms with Crippen LogP contribution in [-0.4, -0.2) is 44.4 Å². The van der Waals surface area contributed by atoms with Gasteiger partial charge in [0.15, 0.2) is 18.1 Å². The number of aliphatic hydroxyl groups is 2. The first-order valence-corrected chi connectivity index (χ1v) is 5.67. The van der Waals surface area contributed by atoms with Crippen LogP contribution in [-0.2, 0) is 9.53 Å². The second kappa shape index (κ2) is 4.72. The number of aromatic amines is 1. The van der Waals surface area contributed by atoms with Crippen molar-refractivity contribution in [2.75, 3.05) is 6.61 Å². The van der Waals surface area contributed by atoms with Crippen LogP contribution in [0, 0.1) is 6.92 Å². The molecule has 0 aliphatic carbocycles. The maximum Gasteiger partial charge on any atom is 0.330 e. The highest BCUT2D eigenvalue weighted by atomic mass is 16.6. The largest absolute Gasteiger partial charge is 0.393 e. The van der Waals surface area contributed by atoms with Gasteiger partial charge in [-0.05, 0) is 6.92 Å². The van der Waals surface area contributed by atoms with Crippen LogP contribution in [0.2, 0.25) is 0 Å². The third-order valence-corrected chi connectivity index (χ3v) is 3.14. The summed E-state index contributed by atoms with van der Waals surface area (Å²) in [6.45, 7) is 0.899. The van der Waals surface area contributed by atoms with Gasteiger partial charge < -0.3 is 19.7 Å². The van der Waals surface area contributed by atoms with Gasteiger partial charge in [-0.25, -0.2) is 4.79 Å². The summed E-state index contributed by atoms with van der Waals surface area (Å²) in [4.78, 5) is 36.0. The van der Waals surface area contributed by atoms with Crippen LogP contribution >= 0.6 is 0 Å². The van der Waals surface area contributed by atoms with Gasteiger partial charge in [-0.2, -0.15) is 0 Å². The summed E-state index contributed by atoms with van der Waals surface area (Å²) in [5, 5.41) is 19.0. The normalized spacial score (nSPS) is 30.5. The van der Waals surface area contributed by atoms with Crippen molar-refractivity contribution in [1.29, 1.82) is 0 Å². The van der Waals surface area contributed by atoms with E-state index in [0.717, 1.165) is 4.57 Å². The molecule has 0 radical (unpaired) electrons. The predicted molar refractivity (Wildman–Crippen MR) is 62.7 cm³/mol. The van der Waals surface area contributed by atoms with Crippen molar-refractivity contribution in [3.63, 3.8) is 0 Å². The lowest BCUT2D eigenvalue weighted by molar-refractivity contribution is -0.143. The Bertz CT molecular complexity index is 606. The van der Waals surface area contributed by atoms with Crippen molar-refractivity contribution >= 4 is 6.29 Å². The standard InChI is InChI=1S/C11H14N2O6/c1-6-3-13(10(18)12-8(6)17)9-7(16)2-11(4-14,5-15)19-9/h3-4,7,9,15-16H,2,5H2,1H3,(H,12,17,18)/t7-,9-,11-/m1/s1. The summed E-state index contributed by atoms with van der Waals surface area (Å²) in [5.41, 5.74) is -2.53. The highest BCUT2D eigenvalue weighted by molar-refractivity contribution is 5.63. The smallest absolute Gasteiger partial charge is 0.330 e. The van der Waals surface area contributed by atoms with Crippen molar-refractivity contribution in [3.05, 3.63) is 32.6 Å². The van der Waals surface area contributed by atoms with Crippen molar-refractivity contribution in [3.8, 4) is 0 Å². The molecule has 1 fully saturated rings. The summed E-state index contributed by atoms with van der Waals surface area (Å²) in [6.07, 6.45) is -0.740. The minimum absolute atomic E-state index is 0.123. The third kappa shape index (κ3) is 2.25. The fraction of sp³-hybridized carbons (Fsp3) is 0.545. The lowest BCUT2D eigenvalue weighted by Crippen LogP contribution is -2.38. The number of H-pyrrole nitrogens is 1. The van der Waals surface area contributed by atoms with Gasteiger partial charge in [-0.15, -0.1) is 0 Å². The topological polar surface area (TPSA) is 122 Å².